The molecule has 2 heterocycles. The first-order valence-corrected chi connectivity index (χ1v) is 16.9. The third-order valence-electron chi connectivity index (χ3n) is 7.60. The molecule has 0 bridgehead atoms. The highest BCUT2D eigenvalue weighted by Crippen LogP contribution is 2.41. The van der Waals surface area contributed by atoms with E-state index in [1.807, 2.05) is 67.6 Å². The fraction of sp³-hybridized carbons (Fsp3) is 0.194. The minimum absolute atomic E-state index is 0.0991. The lowest BCUT2D eigenvalue weighted by Crippen LogP contribution is -2.29. The molecule has 1 aliphatic heterocycles. The van der Waals surface area contributed by atoms with Crippen LogP contribution in [0.4, 0.5) is 10.3 Å². The summed E-state index contributed by atoms with van der Waals surface area (Å²) < 4.78 is 33.9. The molecule has 6 rings (SSSR count). The Hall–Kier alpha value is -4.51. The molecule has 0 fully saturated rings. The Labute approximate surface area is 291 Å². The fourth-order valence-electron chi connectivity index (χ4n) is 5.23. The number of hydrogen-bond donors (Lipinski definition) is 1. The average molecular weight is 706 g/mol. The predicted octanol–water partition coefficient (Wildman–Crippen LogP) is 9.03. The number of benzene rings is 4. The molecule has 1 unspecified atom stereocenters. The second-order valence-corrected chi connectivity index (χ2v) is 12.6. The number of esters is 1. The average Bonchev–Trinajstić information content (AvgIpc) is 3.49. The van der Waals surface area contributed by atoms with E-state index in [4.69, 9.17) is 47.5 Å². The quantitative estimate of drug-likeness (QED) is 0.102. The van der Waals surface area contributed by atoms with Crippen molar-refractivity contribution in [3.05, 3.63) is 140 Å². The van der Waals surface area contributed by atoms with Gasteiger partial charge in [0.15, 0.2) is 11.5 Å². The zero-order valence-electron chi connectivity index (χ0n) is 26.1. The number of halogens is 3. The van der Waals surface area contributed by atoms with Crippen molar-refractivity contribution in [1.29, 1.82) is 0 Å². The van der Waals surface area contributed by atoms with Crippen molar-refractivity contribution in [2.24, 2.45) is 0 Å². The van der Waals surface area contributed by atoms with Crippen LogP contribution in [0.15, 0.2) is 107 Å². The minimum atomic E-state index is -0.721. The molecule has 1 aromatic heterocycles. The Bertz CT molecular complexity index is 1950. The van der Waals surface area contributed by atoms with Crippen molar-refractivity contribution in [3.8, 4) is 11.5 Å². The number of hydrogen-bond acceptors (Lipinski definition) is 8. The molecule has 0 radical (unpaired) electrons. The number of thioether (sulfide) groups is 1. The van der Waals surface area contributed by atoms with Gasteiger partial charge in [0.25, 0.3) is 0 Å². The Morgan fingerprint density at radius 1 is 0.938 bits per heavy atom. The van der Waals surface area contributed by atoms with Gasteiger partial charge in [-0.2, -0.15) is 4.98 Å². The Kier molecular flexibility index (Phi) is 10.5. The van der Waals surface area contributed by atoms with Crippen LogP contribution in [0.5, 0.6) is 11.5 Å². The van der Waals surface area contributed by atoms with Crippen LogP contribution < -0.4 is 14.8 Å². The van der Waals surface area contributed by atoms with Crippen molar-refractivity contribution in [2.45, 2.75) is 44.0 Å². The topological polar surface area (TPSA) is 87.5 Å². The van der Waals surface area contributed by atoms with Crippen LogP contribution in [0.25, 0.3) is 0 Å². The van der Waals surface area contributed by atoms with Gasteiger partial charge in [-0.3, -0.25) is 0 Å². The van der Waals surface area contributed by atoms with E-state index in [1.54, 1.807) is 29.8 Å². The summed E-state index contributed by atoms with van der Waals surface area (Å²) in [6.45, 7) is 3.99. The van der Waals surface area contributed by atoms with E-state index in [2.05, 4.69) is 5.32 Å². The summed E-state index contributed by atoms with van der Waals surface area (Å²) in [4.78, 5) is 18.6. The standard InChI is InChI=1S/C36H31Cl2FN4O4S/c1-3-45-31-18-24(16-17-30(31)46-20-26-28(38)14-9-15-29(26)39)33-32(34(44)47-19-23-10-5-4-6-11-23)22(2)40-35-41-36(42-43(33)35)48-21-25-12-7-8-13-27(25)37/h4-18,33H,3,19-21H2,1-2H3,(H,40,41,42). The number of ether oxygens (including phenoxy) is 3. The Balaban J connectivity index is 1.34. The first-order valence-electron chi connectivity index (χ1n) is 15.2. The molecule has 48 heavy (non-hydrogen) atoms. The molecule has 0 spiro atoms. The highest BCUT2D eigenvalue weighted by Gasteiger charge is 2.36. The van der Waals surface area contributed by atoms with Gasteiger partial charge >= 0.3 is 5.97 Å². The number of anilines is 1. The minimum Gasteiger partial charge on any atom is -0.490 e. The summed E-state index contributed by atoms with van der Waals surface area (Å²) in [6, 6.07) is 26.2. The highest BCUT2D eigenvalue weighted by molar-refractivity contribution is 7.98. The lowest BCUT2D eigenvalue weighted by molar-refractivity contribution is -0.140. The maximum absolute atomic E-state index is 14.5. The van der Waals surface area contributed by atoms with Crippen molar-refractivity contribution in [1.82, 2.24) is 14.8 Å². The number of nitrogens with zero attached hydrogens (tertiary/aromatic N) is 3. The molecule has 12 heteroatoms. The van der Waals surface area contributed by atoms with Gasteiger partial charge in [-0.25, -0.2) is 13.9 Å². The third kappa shape index (κ3) is 7.46. The maximum Gasteiger partial charge on any atom is 0.338 e. The SMILES string of the molecule is CCOc1cc(C2C(C(=O)OCc3ccccc3)=C(C)Nc3nc(SCc4ccccc4Cl)nn32)ccc1OCc1c(F)cccc1Cl. The number of nitrogens with one attached hydrogen (secondary N) is 1. The molecule has 0 saturated carbocycles. The van der Waals surface area contributed by atoms with E-state index in [-0.39, 0.29) is 23.8 Å². The second kappa shape index (κ2) is 15.1. The molecule has 4 aromatic carbocycles. The summed E-state index contributed by atoms with van der Waals surface area (Å²) in [6.07, 6.45) is 0. The summed E-state index contributed by atoms with van der Waals surface area (Å²) >= 11 is 14.1. The lowest BCUT2D eigenvalue weighted by atomic mass is 9.95. The Morgan fingerprint density at radius 2 is 1.71 bits per heavy atom. The summed E-state index contributed by atoms with van der Waals surface area (Å²) in [5.41, 5.74) is 3.67. The fourth-order valence-corrected chi connectivity index (χ4v) is 6.56. The molecule has 8 nitrogen and oxygen atoms in total. The van der Waals surface area contributed by atoms with Gasteiger partial charge in [-0.1, -0.05) is 95.6 Å². The molecule has 5 aromatic rings. The molecule has 0 saturated heterocycles. The zero-order valence-corrected chi connectivity index (χ0v) is 28.4. The second-order valence-electron chi connectivity index (χ2n) is 10.8. The largest absolute Gasteiger partial charge is 0.490 e. The molecule has 1 N–H and O–H groups in total. The van der Waals surface area contributed by atoms with E-state index < -0.39 is 17.8 Å². The van der Waals surface area contributed by atoms with Gasteiger partial charge in [-0.05, 0) is 60.9 Å². The van der Waals surface area contributed by atoms with Crippen molar-refractivity contribution in [3.63, 3.8) is 0 Å². The number of aromatic nitrogens is 3. The Morgan fingerprint density at radius 3 is 2.48 bits per heavy atom. The van der Waals surface area contributed by atoms with Crippen LogP contribution in [0.3, 0.4) is 0 Å². The van der Waals surface area contributed by atoms with Gasteiger partial charge in [0.2, 0.25) is 11.1 Å². The molecule has 0 aliphatic carbocycles. The number of rotatable bonds is 12. The van der Waals surface area contributed by atoms with Gasteiger partial charge in [0.1, 0.15) is 25.1 Å². The lowest BCUT2D eigenvalue weighted by Gasteiger charge is -2.28. The normalized spacial score (nSPS) is 13.9. The van der Waals surface area contributed by atoms with Gasteiger partial charge < -0.3 is 19.5 Å². The van der Waals surface area contributed by atoms with Crippen molar-refractivity contribution in [2.75, 3.05) is 11.9 Å². The summed E-state index contributed by atoms with van der Waals surface area (Å²) in [5, 5.41) is 9.49. The zero-order chi connectivity index (χ0) is 33.6. The van der Waals surface area contributed by atoms with Crippen LogP contribution >= 0.6 is 35.0 Å². The summed E-state index contributed by atoms with van der Waals surface area (Å²) in [5.74, 6) is 0.841. The number of carbonyl (C=O) groups excluding carboxylic acids is 1. The third-order valence-corrected chi connectivity index (χ3v) is 9.21. The monoisotopic (exact) mass is 704 g/mol. The number of fused-ring (bicyclic) bond motifs is 1. The van der Waals surface area contributed by atoms with Crippen LogP contribution in [-0.2, 0) is 28.5 Å². The molecular formula is C36H31Cl2FN4O4S. The maximum atomic E-state index is 14.5. The van der Waals surface area contributed by atoms with E-state index in [9.17, 15) is 9.18 Å². The van der Waals surface area contributed by atoms with Crippen LogP contribution in [-0.4, -0.2) is 27.3 Å². The van der Waals surface area contributed by atoms with Crippen LogP contribution in [0.1, 0.15) is 42.1 Å². The van der Waals surface area contributed by atoms with Gasteiger partial charge in [-0.15, -0.1) is 5.10 Å². The van der Waals surface area contributed by atoms with E-state index >= 15 is 0 Å². The molecule has 246 valence electrons. The summed E-state index contributed by atoms with van der Waals surface area (Å²) in [7, 11) is 0. The van der Waals surface area contributed by atoms with Crippen LogP contribution in [0.2, 0.25) is 10.0 Å². The van der Waals surface area contributed by atoms with E-state index in [1.165, 1.54) is 23.9 Å². The molecule has 1 aliphatic rings. The highest BCUT2D eigenvalue weighted by atomic mass is 35.5. The molecule has 1 atom stereocenters. The first-order chi connectivity index (χ1) is 23.3. The molecular weight excluding hydrogens is 674 g/mol. The van der Waals surface area contributed by atoms with Crippen molar-refractivity contribution < 1.29 is 23.4 Å². The first kappa shape index (κ1) is 33.4. The molecule has 0 amide bonds. The van der Waals surface area contributed by atoms with Crippen LogP contribution in [0, 0.1) is 5.82 Å². The number of allylic oxidation sites excluding steroid dienone is 1. The number of carbonyl (C=O) groups is 1. The van der Waals surface area contributed by atoms with E-state index in [0.29, 0.717) is 56.8 Å². The van der Waals surface area contributed by atoms with Gasteiger partial charge in [0.05, 0.1) is 17.2 Å². The smallest absolute Gasteiger partial charge is 0.338 e. The van der Waals surface area contributed by atoms with Gasteiger partial charge in [0, 0.05) is 22.0 Å². The predicted molar refractivity (Wildman–Crippen MR) is 185 cm³/mol. The van der Waals surface area contributed by atoms with E-state index in [0.717, 1.165) is 11.1 Å². The van der Waals surface area contributed by atoms with Crippen molar-refractivity contribution >= 4 is 46.9 Å².